The Morgan fingerprint density at radius 2 is 1.14 bits per heavy atom. The van der Waals surface area contributed by atoms with E-state index in [1.165, 1.54) is 0 Å². The van der Waals surface area contributed by atoms with Crippen molar-refractivity contribution >= 4 is 30.9 Å². The molecule has 0 saturated heterocycles. The SMILES string of the molecule is O=P([O-])([O-])[O-].[Cr+3].[Mg+2]. The molecular weight excluding hydrogens is 171 g/mol. The van der Waals surface area contributed by atoms with Crippen LogP contribution < -0.4 is 14.7 Å². The minimum Gasteiger partial charge on any atom is -0.822 e. The molecule has 0 spiro atoms. The van der Waals surface area contributed by atoms with Crippen molar-refractivity contribution in [2.45, 2.75) is 0 Å². The third-order valence-electron chi connectivity index (χ3n) is 0. The average Bonchev–Trinajstić information content (AvgIpc) is 0.722. The number of hydrogen-bond donors (Lipinski definition) is 0. The van der Waals surface area contributed by atoms with Gasteiger partial charge in [-0.1, -0.05) is 0 Å². The van der Waals surface area contributed by atoms with E-state index in [0.29, 0.717) is 0 Å². The fourth-order valence-electron chi connectivity index (χ4n) is 0. The number of hydrogen-bond acceptors (Lipinski definition) is 4. The Kier molecular flexibility index (Phi) is 12.5. The van der Waals surface area contributed by atoms with Crippen LogP contribution in [0.3, 0.4) is 0 Å². The van der Waals surface area contributed by atoms with Gasteiger partial charge in [-0.15, -0.1) is 0 Å². The van der Waals surface area contributed by atoms with E-state index in [1.807, 2.05) is 0 Å². The van der Waals surface area contributed by atoms with Crippen LogP contribution in [0.5, 0.6) is 0 Å². The molecule has 0 aliphatic heterocycles. The largest absolute Gasteiger partial charge is 3.00 e. The summed E-state index contributed by atoms with van der Waals surface area (Å²) in [5.74, 6) is 0. The first-order valence-electron chi connectivity index (χ1n) is 0.730. The van der Waals surface area contributed by atoms with E-state index in [4.69, 9.17) is 19.2 Å². The third kappa shape index (κ3) is 109. The van der Waals surface area contributed by atoms with Crippen LogP contribution in [0.15, 0.2) is 0 Å². The predicted molar refractivity (Wildman–Crippen MR) is 13.4 cm³/mol. The first-order valence-corrected chi connectivity index (χ1v) is 2.19. The summed E-state index contributed by atoms with van der Waals surface area (Å²) in [6.07, 6.45) is 0. The molecule has 0 aliphatic carbocycles. The van der Waals surface area contributed by atoms with Crippen LogP contribution in [-0.2, 0) is 21.9 Å². The fraction of sp³-hybridized carbons (Fsp3) is 0. The summed E-state index contributed by atoms with van der Waals surface area (Å²) in [6, 6.07) is 0. The van der Waals surface area contributed by atoms with E-state index in [9.17, 15) is 0 Å². The molecule has 0 amide bonds. The summed E-state index contributed by atoms with van der Waals surface area (Å²) in [6.45, 7) is 0. The second-order valence-corrected chi connectivity index (χ2v) is 1.34. The molecule has 0 bridgehead atoms. The van der Waals surface area contributed by atoms with Crippen molar-refractivity contribution in [3.8, 4) is 0 Å². The van der Waals surface area contributed by atoms with Crippen molar-refractivity contribution in [3.05, 3.63) is 0 Å². The van der Waals surface area contributed by atoms with Gasteiger partial charge in [-0.05, 0) is 0 Å². The standard InChI is InChI=1S/Cr.Mg.H3O4P/c;;1-5(2,3)4/h;;(H3,1,2,3,4)/q+3;+2;/p-3. The van der Waals surface area contributed by atoms with E-state index >= 15 is 0 Å². The molecule has 0 atom stereocenters. The summed E-state index contributed by atoms with van der Waals surface area (Å²) in [5.41, 5.74) is 0. The molecule has 0 unspecified atom stereocenters. The van der Waals surface area contributed by atoms with Crippen molar-refractivity contribution < 1.29 is 36.6 Å². The molecule has 0 aliphatic rings. The molecule has 0 heterocycles. The van der Waals surface area contributed by atoms with Gasteiger partial charge in [-0.3, -0.25) is 0 Å². The summed E-state index contributed by atoms with van der Waals surface area (Å²) < 4.78 is 8.55. The Balaban J connectivity index is -0.0000000800. The zero-order chi connectivity index (χ0) is 4.50. The van der Waals surface area contributed by atoms with E-state index in [2.05, 4.69) is 0 Å². The van der Waals surface area contributed by atoms with Gasteiger partial charge in [-0.25, -0.2) is 0 Å². The quantitative estimate of drug-likeness (QED) is 0.283. The molecule has 35 valence electrons. The fourth-order valence-corrected chi connectivity index (χ4v) is 0. The summed E-state index contributed by atoms with van der Waals surface area (Å²) in [7, 11) is -5.39. The van der Waals surface area contributed by atoms with Crippen molar-refractivity contribution in [1.29, 1.82) is 0 Å². The summed E-state index contributed by atoms with van der Waals surface area (Å²) in [4.78, 5) is 25.6. The zero-order valence-electron chi connectivity index (χ0n) is 3.20. The van der Waals surface area contributed by atoms with Gasteiger partial charge in [0.25, 0.3) is 0 Å². The Bertz CT molecular complexity index is 57.8. The summed E-state index contributed by atoms with van der Waals surface area (Å²) in [5, 5.41) is 0. The number of phosphoric acid groups is 1. The molecule has 0 aromatic rings. The maximum atomic E-state index is 8.55. The van der Waals surface area contributed by atoms with Crippen molar-refractivity contribution in [2.24, 2.45) is 0 Å². The molecule has 7 heavy (non-hydrogen) atoms. The molecule has 0 rings (SSSR count). The molecule has 0 aromatic heterocycles. The van der Waals surface area contributed by atoms with Crippen LogP contribution in [0.2, 0.25) is 0 Å². The van der Waals surface area contributed by atoms with Gasteiger partial charge in [0.15, 0.2) is 0 Å². The Hall–Kier alpha value is 1.41. The van der Waals surface area contributed by atoms with Crippen LogP contribution >= 0.6 is 7.82 Å². The minimum absolute atomic E-state index is 0. The van der Waals surface area contributed by atoms with Crippen molar-refractivity contribution in [1.82, 2.24) is 0 Å². The second kappa shape index (κ2) is 5.54. The van der Waals surface area contributed by atoms with Crippen LogP contribution in [0.25, 0.3) is 0 Å². The Morgan fingerprint density at radius 3 is 1.14 bits per heavy atom. The topological polar surface area (TPSA) is 86.2 Å². The van der Waals surface area contributed by atoms with Gasteiger partial charge >= 0.3 is 40.4 Å². The van der Waals surface area contributed by atoms with Gasteiger partial charge in [0.2, 0.25) is 0 Å². The Labute approximate surface area is 67.5 Å². The first-order chi connectivity index (χ1) is 2.00. The zero-order valence-corrected chi connectivity index (χ0v) is 6.78. The molecule has 0 saturated carbocycles. The molecule has 7 heteroatoms. The van der Waals surface area contributed by atoms with Crippen molar-refractivity contribution in [3.63, 3.8) is 0 Å². The van der Waals surface area contributed by atoms with E-state index < -0.39 is 7.82 Å². The average molecular weight is 171 g/mol. The van der Waals surface area contributed by atoms with Crippen LogP contribution in [0.1, 0.15) is 0 Å². The van der Waals surface area contributed by atoms with Crippen LogP contribution in [0, 0.1) is 0 Å². The van der Waals surface area contributed by atoms with Gasteiger partial charge in [0, 0.05) is 0 Å². The minimum atomic E-state index is -5.39. The van der Waals surface area contributed by atoms with Gasteiger partial charge in [0.1, 0.15) is 0 Å². The maximum absolute atomic E-state index is 8.55. The molecular formula is CrMgO4P+2. The maximum Gasteiger partial charge on any atom is 3.00 e. The van der Waals surface area contributed by atoms with Crippen LogP contribution in [-0.4, -0.2) is 23.1 Å². The normalized spacial score (nSPS) is 8.43. The van der Waals surface area contributed by atoms with Gasteiger partial charge < -0.3 is 19.2 Å². The van der Waals surface area contributed by atoms with E-state index in [-0.39, 0.29) is 40.4 Å². The molecule has 4 nitrogen and oxygen atoms in total. The second-order valence-electron chi connectivity index (χ2n) is 0.447. The molecule has 0 N–H and O–H groups in total. The number of rotatable bonds is 0. The van der Waals surface area contributed by atoms with Gasteiger partial charge in [0.05, 0.1) is 0 Å². The molecule has 0 aromatic carbocycles. The smallest absolute Gasteiger partial charge is 0.822 e. The first kappa shape index (κ1) is 15.8. The monoisotopic (exact) mass is 171 g/mol. The van der Waals surface area contributed by atoms with E-state index in [1.54, 1.807) is 0 Å². The molecule has 1 radical (unpaired) electrons. The molecule has 0 fully saturated rings. The third-order valence-corrected chi connectivity index (χ3v) is 0. The van der Waals surface area contributed by atoms with Crippen LogP contribution in [0.4, 0.5) is 0 Å². The van der Waals surface area contributed by atoms with Gasteiger partial charge in [-0.2, -0.15) is 7.82 Å². The Morgan fingerprint density at radius 1 is 1.14 bits per heavy atom. The summed E-state index contributed by atoms with van der Waals surface area (Å²) >= 11 is 0. The van der Waals surface area contributed by atoms with Crippen molar-refractivity contribution in [2.75, 3.05) is 0 Å². The van der Waals surface area contributed by atoms with E-state index in [0.717, 1.165) is 0 Å². The predicted octanol–water partition coefficient (Wildman–Crippen LogP) is -3.21.